The van der Waals surface area contributed by atoms with Crippen molar-refractivity contribution in [2.24, 2.45) is 5.18 Å². The highest BCUT2D eigenvalue weighted by Crippen LogP contribution is 2.31. The topological polar surface area (TPSA) is 65.0 Å². The van der Waals surface area contributed by atoms with Gasteiger partial charge >= 0.3 is 5.97 Å². The van der Waals surface area contributed by atoms with E-state index in [9.17, 15) is 9.70 Å². The molecule has 1 aromatic carbocycles. The molecule has 1 atom stereocenters. The average molecular weight is 193 g/mol. The van der Waals surface area contributed by atoms with Gasteiger partial charge in [-0.15, -0.1) is 4.91 Å². The molecule has 1 aromatic rings. The molecular weight excluding hydrogens is 186 g/mol. The van der Waals surface area contributed by atoms with Crippen LogP contribution in [-0.2, 0) is 14.3 Å². The van der Waals surface area contributed by atoms with E-state index in [4.69, 9.17) is 9.47 Å². The highest BCUT2D eigenvalue weighted by molar-refractivity contribution is 5.72. The van der Waals surface area contributed by atoms with Crippen molar-refractivity contribution < 1.29 is 14.3 Å². The maximum atomic E-state index is 10.8. The molecule has 0 N–H and O–H groups in total. The lowest BCUT2D eigenvalue weighted by molar-refractivity contribution is -0.143. The molecule has 2 rings (SSSR count). The lowest BCUT2D eigenvalue weighted by Crippen LogP contribution is -1.99. The van der Waals surface area contributed by atoms with Crippen LogP contribution in [0.15, 0.2) is 29.4 Å². The van der Waals surface area contributed by atoms with Crippen molar-refractivity contribution in [2.75, 3.05) is 6.61 Å². The van der Waals surface area contributed by atoms with Crippen LogP contribution in [0.5, 0.6) is 0 Å². The number of hydrogen-bond acceptors (Lipinski definition) is 5. The number of nitroso groups, excluding NO2 is 1. The Balaban J connectivity index is 2.31. The predicted molar refractivity (Wildman–Crippen MR) is 46.7 cm³/mol. The first-order valence-electron chi connectivity index (χ1n) is 4.04. The Labute approximate surface area is 79.6 Å². The minimum absolute atomic E-state index is 0.0855. The number of hydrogen-bond donors (Lipinski definition) is 0. The van der Waals surface area contributed by atoms with E-state index in [0.717, 1.165) is 0 Å². The van der Waals surface area contributed by atoms with Gasteiger partial charge in [0, 0.05) is 5.56 Å². The number of carbonyl (C=O) groups is 1. The van der Waals surface area contributed by atoms with Crippen molar-refractivity contribution in [3.8, 4) is 0 Å². The van der Waals surface area contributed by atoms with Crippen molar-refractivity contribution in [3.05, 3.63) is 34.7 Å². The molecule has 0 spiro atoms. The van der Waals surface area contributed by atoms with Gasteiger partial charge in [0.15, 0.2) is 0 Å². The standard InChI is InChI=1S/C9H7NO4/c11-8-5-13-9(14-8)6-3-1-2-4-7(6)10-12/h1-4,9H,5H2. The van der Waals surface area contributed by atoms with Crippen LogP contribution in [0.3, 0.4) is 0 Å². The first kappa shape index (κ1) is 8.83. The number of rotatable bonds is 2. The lowest BCUT2D eigenvalue weighted by Gasteiger charge is -2.08. The van der Waals surface area contributed by atoms with Crippen molar-refractivity contribution in [1.29, 1.82) is 0 Å². The minimum Gasteiger partial charge on any atom is -0.429 e. The zero-order valence-electron chi connectivity index (χ0n) is 7.17. The minimum atomic E-state index is -0.795. The summed E-state index contributed by atoms with van der Waals surface area (Å²) in [5.41, 5.74) is 0.709. The molecule has 0 bridgehead atoms. The number of nitrogens with zero attached hydrogens (tertiary/aromatic N) is 1. The molecule has 0 aliphatic carbocycles. The number of benzene rings is 1. The Morgan fingerprint density at radius 1 is 1.36 bits per heavy atom. The van der Waals surface area contributed by atoms with E-state index in [1.54, 1.807) is 18.2 Å². The van der Waals surface area contributed by atoms with Crippen LogP contribution < -0.4 is 0 Å². The van der Waals surface area contributed by atoms with Crippen LogP contribution in [0.25, 0.3) is 0 Å². The van der Waals surface area contributed by atoms with Gasteiger partial charge in [0.05, 0.1) is 0 Å². The van der Waals surface area contributed by atoms with Crippen molar-refractivity contribution in [1.82, 2.24) is 0 Å². The second-order valence-corrected chi connectivity index (χ2v) is 2.78. The first-order valence-corrected chi connectivity index (χ1v) is 4.04. The Morgan fingerprint density at radius 2 is 2.14 bits per heavy atom. The summed E-state index contributed by atoms with van der Waals surface area (Å²) < 4.78 is 9.85. The molecule has 5 heteroatoms. The van der Waals surface area contributed by atoms with Gasteiger partial charge < -0.3 is 9.47 Å². The molecule has 72 valence electrons. The number of cyclic esters (lactones) is 1. The summed E-state index contributed by atoms with van der Waals surface area (Å²) in [5, 5.41) is 2.82. The molecule has 14 heavy (non-hydrogen) atoms. The summed E-state index contributed by atoms with van der Waals surface area (Å²) in [6.07, 6.45) is -0.795. The summed E-state index contributed by atoms with van der Waals surface area (Å²) in [6, 6.07) is 6.58. The van der Waals surface area contributed by atoms with Crippen LogP contribution in [0.1, 0.15) is 11.9 Å². The molecule has 0 aromatic heterocycles. The zero-order valence-corrected chi connectivity index (χ0v) is 7.17. The van der Waals surface area contributed by atoms with Crippen molar-refractivity contribution in [3.63, 3.8) is 0 Å². The third kappa shape index (κ3) is 1.49. The van der Waals surface area contributed by atoms with Crippen LogP contribution in [0.4, 0.5) is 5.69 Å². The third-order valence-corrected chi connectivity index (χ3v) is 1.88. The molecule has 1 unspecified atom stereocenters. The monoisotopic (exact) mass is 193 g/mol. The van der Waals surface area contributed by atoms with E-state index in [1.165, 1.54) is 6.07 Å². The second kappa shape index (κ2) is 3.55. The lowest BCUT2D eigenvalue weighted by atomic mass is 10.2. The summed E-state index contributed by atoms with van der Waals surface area (Å²) in [4.78, 5) is 21.2. The van der Waals surface area contributed by atoms with E-state index < -0.39 is 12.3 Å². The first-order chi connectivity index (χ1) is 6.81. The van der Waals surface area contributed by atoms with Crippen molar-refractivity contribution >= 4 is 11.7 Å². The van der Waals surface area contributed by atoms with Gasteiger partial charge in [-0.3, -0.25) is 0 Å². The summed E-state index contributed by atoms with van der Waals surface area (Å²) >= 11 is 0. The van der Waals surface area contributed by atoms with Crippen molar-refractivity contribution in [2.45, 2.75) is 6.29 Å². The molecule has 5 nitrogen and oxygen atoms in total. The fourth-order valence-corrected chi connectivity index (χ4v) is 1.25. The van der Waals surface area contributed by atoms with Gasteiger partial charge in [-0.1, -0.05) is 18.2 Å². The summed E-state index contributed by atoms with van der Waals surface area (Å²) in [5.74, 6) is -0.435. The average Bonchev–Trinajstić information content (AvgIpc) is 2.65. The Morgan fingerprint density at radius 3 is 2.79 bits per heavy atom. The van der Waals surface area contributed by atoms with Crippen LogP contribution in [0.2, 0.25) is 0 Å². The van der Waals surface area contributed by atoms with Crippen LogP contribution in [-0.4, -0.2) is 12.6 Å². The fourth-order valence-electron chi connectivity index (χ4n) is 1.25. The Hall–Kier alpha value is -1.75. The van der Waals surface area contributed by atoms with Gasteiger partial charge in [0.25, 0.3) is 0 Å². The Kier molecular flexibility index (Phi) is 2.24. The molecule has 1 aliphatic heterocycles. The van der Waals surface area contributed by atoms with E-state index in [0.29, 0.717) is 5.56 Å². The third-order valence-electron chi connectivity index (χ3n) is 1.88. The van der Waals surface area contributed by atoms with Crippen LogP contribution >= 0.6 is 0 Å². The Bertz CT molecular complexity index is 377. The van der Waals surface area contributed by atoms with E-state index in [1.807, 2.05) is 0 Å². The van der Waals surface area contributed by atoms with Gasteiger partial charge in [-0.25, -0.2) is 4.79 Å². The summed E-state index contributed by atoms with van der Waals surface area (Å²) in [6.45, 7) is -0.0855. The highest BCUT2D eigenvalue weighted by Gasteiger charge is 2.27. The molecule has 0 radical (unpaired) electrons. The largest absolute Gasteiger partial charge is 0.429 e. The molecule has 1 saturated heterocycles. The summed E-state index contributed by atoms with van der Waals surface area (Å²) in [7, 11) is 0. The highest BCUT2D eigenvalue weighted by atomic mass is 16.7. The van der Waals surface area contributed by atoms with Gasteiger partial charge in [0.2, 0.25) is 6.29 Å². The van der Waals surface area contributed by atoms with E-state index in [2.05, 4.69) is 5.18 Å². The fraction of sp³-hybridized carbons (Fsp3) is 0.222. The SMILES string of the molecule is O=Nc1ccccc1C1OCC(=O)O1. The molecule has 1 aliphatic rings. The molecule has 0 saturated carbocycles. The second-order valence-electron chi connectivity index (χ2n) is 2.78. The number of ether oxygens (including phenoxy) is 2. The molecule has 0 amide bonds. The zero-order chi connectivity index (χ0) is 9.97. The maximum Gasteiger partial charge on any atom is 0.334 e. The molecular formula is C9H7NO4. The maximum absolute atomic E-state index is 10.8. The van der Waals surface area contributed by atoms with Gasteiger partial charge in [-0.05, 0) is 11.2 Å². The normalized spacial score (nSPS) is 20.6. The van der Waals surface area contributed by atoms with E-state index >= 15 is 0 Å². The smallest absolute Gasteiger partial charge is 0.334 e. The molecule has 1 fully saturated rings. The number of esters is 1. The van der Waals surface area contributed by atoms with Crippen LogP contribution in [0, 0.1) is 4.91 Å². The van der Waals surface area contributed by atoms with Gasteiger partial charge in [-0.2, -0.15) is 0 Å². The van der Waals surface area contributed by atoms with E-state index in [-0.39, 0.29) is 12.3 Å². The number of carbonyl (C=O) groups excluding carboxylic acids is 1. The quantitative estimate of drug-likeness (QED) is 0.529. The molecule has 1 heterocycles. The van der Waals surface area contributed by atoms with Gasteiger partial charge in [0.1, 0.15) is 12.3 Å². The predicted octanol–water partition coefficient (Wildman–Crippen LogP) is 1.66.